The van der Waals surface area contributed by atoms with Crippen LogP contribution in [0.1, 0.15) is 152 Å². The zero-order valence-electron chi connectivity index (χ0n) is 35.2. The number of benzene rings is 4. The van der Waals surface area contributed by atoms with E-state index in [2.05, 4.69) is 13.8 Å². The van der Waals surface area contributed by atoms with Gasteiger partial charge in [0.15, 0.2) is 0 Å². The predicted octanol–water partition coefficient (Wildman–Crippen LogP) is 11.8. The zero-order valence-corrected chi connectivity index (χ0v) is 35.2. The second-order valence-electron chi connectivity index (χ2n) is 15.3. The number of carbonyl (C=O) groups is 4. The summed E-state index contributed by atoms with van der Waals surface area (Å²) in [5.74, 6) is -0.202. The lowest BCUT2D eigenvalue weighted by Gasteiger charge is -2.29. The Kier molecular flexibility index (Phi) is 19.0. The third kappa shape index (κ3) is 15.2. The summed E-state index contributed by atoms with van der Waals surface area (Å²) >= 11 is 0. The molecule has 0 heterocycles. The highest BCUT2D eigenvalue weighted by Crippen LogP contribution is 2.29. The third-order valence-electron chi connectivity index (χ3n) is 10.6. The van der Waals surface area contributed by atoms with Crippen molar-refractivity contribution in [2.45, 2.75) is 116 Å². The van der Waals surface area contributed by atoms with Crippen molar-refractivity contribution in [3.63, 3.8) is 0 Å². The Morgan fingerprint density at radius 3 is 1.28 bits per heavy atom. The van der Waals surface area contributed by atoms with E-state index < -0.39 is 30.0 Å². The molecule has 4 aromatic rings. The molecular formula is C50H60O10. The fourth-order valence-electron chi connectivity index (χ4n) is 7.03. The van der Waals surface area contributed by atoms with Gasteiger partial charge in [-0.1, -0.05) is 84.5 Å². The summed E-state index contributed by atoms with van der Waals surface area (Å²) in [5, 5.41) is 0. The van der Waals surface area contributed by atoms with Crippen molar-refractivity contribution in [1.29, 1.82) is 0 Å². The minimum absolute atomic E-state index is 0.0382. The van der Waals surface area contributed by atoms with E-state index in [4.69, 9.17) is 28.4 Å². The molecule has 1 unspecified atom stereocenters. The van der Waals surface area contributed by atoms with Gasteiger partial charge in [0.2, 0.25) is 0 Å². The van der Waals surface area contributed by atoms with Gasteiger partial charge in [-0.05, 0) is 129 Å². The van der Waals surface area contributed by atoms with Crippen LogP contribution in [0.3, 0.4) is 0 Å². The van der Waals surface area contributed by atoms with Gasteiger partial charge in [-0.2, -0.15) is 0 Å². The second kappa shape index (κ2) is 25.1. The molecule has 0 spiro atoms. The maximum Gasteiger partial charge on any atom is 0.343 e. The largest absolute Gasteiger partial charge is 0.494 e. The summed E-state index contributed by atoms with van der Waals surface area (Å²) in [6, 6.07) is 26.0. The number of hydrogen-bond acceptors (Lipinski definition) is 10. The molecule has 1 atom stereocenters. The average Bonchev–Trinajstić information content (AvgIpc) is 3.28. The van der Waals surface area contributed by atoms with Crippen molar-refractivity contribution < 1.29 is 47.6 Å². The Balaban J connectivity index is 1.08. The molecule has 1 fully saturated rings. The lowest BCUT2D eigenvalue weighted by Crippen LogP contribution is -2.33. The molecule has 10 nitrogen and oxygen atoms in total. The van der Waals surface area contributed by atoms with Gasteiger partial charge in [0.1, 0.15) is 35.7 Å². The highest BCUT2D eigenvalue weighted by molar-refractivity contribution is 5.93. The van der Waals surface area contributed by atoms with Crippen LogP contribution in [0.4, 0.5) is 0 Å². The van der Waals surface area contributed by atoms with Crippen LogP contribution in [0.2, 0.25) is 0 Å². The van der Waals surface area contributed by atoms with Gasteiger partial charge in [-0.15, -0.1) is 0 Å². The maximum absolute atomic E-state index is 13.3. The first-order valence-corrected chi connectivity index (χ1v) is 21.8. The Morgan fingerprint density at radius 1 is 0.467 bits per heavy atom. The molecule has 5 rings (SSSR count). The van der Waals surface area contributed by atoms with E-state index in [-0.39, 0.29) is 35.2 Å². The Morgan fingerprint density at radius 2 is 0.850 bits per heavy atom. The standard InChI is InChI=1S/C50H60O10/c1-3-5-7-9-14-34-55-42-26-18-39(19-27-42)48(52)58-44-30-22-38(23-31-44)47(51)57-36-46(37-16-12-11-13-17-37)60-50(54)41-24-32-45(33-25-41)59-49(53)40-20-28-43(29-21-40)56-35-15-10-8-6-4-2/h18-33,37,46H,3-17,34-36H2,1-2H3. The van der Waals surface area contributed by atoms with Gasteiger partial charge in [-0.25, -0.2) is 19.2 Å². The van der Waals surface area contributed by atoms with Crippen molar-refractivity contribution >= 4 is 23.9 Å². The molecule has 10 heteroatoms. The highest BCUT2D eigenvalue weighted by Gasteiger charge is 2.29. The summed E-state index contributed by atoms with van der Waals surface area (Å²) < 4.78 is 34.3. The first-order valence-electron chi connectivity index (χ1n) is 21.8. The molecule has 0 aliphatic heterocycles. The first kappa shape index (κ1) is 45.4. The molecule has 0 aromatic heterocycles. The summed E-state index contributed by atoms with van der Waals surface area (Å²) in [6.45, 7) is 5.54. The summed E-state index contributed by atoms with van der Waals surface area (Å²) in [7, 11) is 0. The van der Waals surface area contributed by atoms with Crippen molar-refractivity contribution in [3.8, 4) is 23.0 Å². The molecule has 1 saturated carbocycles. The van der Waals surface area contributed by atoms with Crippen LogP contribution in [0.5, 0.6) is 23.0 Å². The molecule has 320 valence electrons. The predicted molar refractivity (Wildman–Crippen MR) is 230 cm³/mol. The monoisotopic (exact) mass is 820 g/mol. The van der Waals surface area contributed by atoms with Gasteiger partial charge in [-0.3, -0.25) is 0 Å². The second-order valence-corrected chi connectivity index (χ2v) is 15.3. The van der Waals surface area contributed by atoms with E-state index in [0.29, 0.717) is 35.8 Å². The van der Waals surface area contributed by atoms with Gasteiger partial charge in [0.25, 0.3) is 0 Å². The van der Waals surface area contributed by atoms with E-state index in [0.717, 1.165) is 57.8 Å². The van der Waals surface area contributed by atoms with E-state index in [1.54, 1.807) is 72.8 Å². The number of esters is 4. The minimum Gasteiger partial charge on any atom is -0.494 e. The molecule has 0 N–H and O–H groups in total. The van der Waals surface area contributed by atoms with Crippen LogP contribution in [-0.2, 0) is 9.47 Å². The number of ether oxygens (including phenoxy) is 6. The molecule has 0 saturated heterocycles. The van der Waals surface area contributed by atoms with Gasteiger partial charge < -0.3 is 28.4 Å². The molecule has 4 aromatic carbocycles. The zero-order chi connectivity index (χ0) is 42.4. The molecular weight excluding hydrogens is 761 g/mol. The lowest BCUT2D eigenvalue weighted by molar-refractivity contribution is -0.0247. The topological polar surface area (TPSA) is 124 Å². The Labute approximate surface area is 354 Å². The first-order chi connectivity index (χ1) is 29.3. The van der Waals surface area contributed by atoms with E-state index in [1.807, 2.05) is 0 Å². The molecule has 1 aliphatic rings. The summed E-state index contributed by atoms with van der Waals surface area (Å²) in [5.41, 5.74) is 1.30. The van der Waals surface area contributed by atoms with E-state index in [9.17, 15) is 19.2 Å². The van der Waals surface area contributed by atoms with Gasteiger partial charge in [0, 0.05) is 0 Å². The maximum atomic E-state index is 13.3. The number of rotatable bonds is 24. The van der Waals surface area contributed by atoms with Crippen LogP contribution in [-0.4, -0.2) is 49.8 Å². The van der Waals surface area contributed by atoms with Crippen molar-refractivity contribution in [1.82, 2.24) is 0 Å². The van der Waals surface area contributed by atoms with Crippen LogP contribution >= 0.6 is 0 Å². The van der Waals surface area contributed by atoms with Crippen LogP contribution < -0.4 is 18.9 Å². The van der Waals surface area contributed by atoms with Crippen molar-refractivity contribution in [2.75, 3.05) is 19.8 Å². The SMILES string of the molecule is CCCCCCCOc1ccc(C(=O)Oc2ccc(C(=O)OCC(OC(=O)c3ccc(OC(=O)c4ccc(OCCCCCCC)cc4)cc3)C3CCCCC3)cc2)cc1. The smallest absolute Gasteiger partial charge is 0.343 e. The number of carbonyl (C=O) groups excluding carboxylic acids is 4. The number of unbranched alkanes of at least 4 members (excludes halogenated alkanes) is 8. The summed E-state index contributed by atoms with van der Waals surface area (Å²) in [4.78, 5) is 52.0. The quantitative estimate of drug-likeness (QED) is 0.0383. The van der Waals surface area contributed by atoms with Crippen molar-refractivity contribution in [3.05, 3.63) is 119 Å². The van der Waals surface area contributed by atoms with Gasteiger partial charge in [0.05, 0.1) is 35.5 Å². The summed E-state index contributed by atoms with van der Waals surface area (Å²) in [6.07, 6.45) is 15.7. The van der Waals surface area contributed by atoms with Gasteiger partial charge >= 0.3 is 23.9 Å². The molecule has 0 radical (unpaired) electrons. The van der Waals surface area contributed by atoms with Crippen LogP contribution in [0.25, 0.3) is 0 Å². The molecule has 0 amide bonds. The van der Waals surface area contributed by atoms with E-state index >= 15 is 0 Å². The van der Waals surface area contributed by atoms with E-state index in [1.165, 1.54) is 62.8 Å². The van der Waals surface area contributed by atoms with Crippen LogP contribution in [0, 0.1) is 5.92 Å². The minimum atomic E-state index is -0.643. The Bertz CT molecular complexity index is 1900. The normalized spacial score (nSPS) is 13.2. The highest BCUT2D eigenvalue weighted by atomic mass is 16.6. The number of hydrogen-bond donors (Lipinski definition) is 0. The van der Waals surface area contributed by atoms with Crippen molar-refractivity contribution in [2.24, 2.45) is 5.92 Å². The molecule has 0 bridgehead atoms. The fourth-order valence-corrected chi connectivity index (χ4v) is 7.03. The molecule has 1 aliphatic carbocycles. The lowest BCUT2D eigenvalue weighted by atomic mass is 9.85. The fraction of sp³-hybridized carbons (Fsp3) is 0.440. The van der Waals surface area contributed by atoms with Crippen LogP contribution in [0.15, 0.2) is 97.1 Å². The Hall–Kier alpha value is -5.64. The molecule has 60 heavy (non-hydrogen) atoms. The average molecular weight is 821 g/mol. The third-order valence-corrected chi connectivity index (χ3v) is 10.6.